The van der Waals surface area contributed by atoms with Gasteiger partial charge in [-0.05, 0) is 35.2 Å². The molecule has 0 atom stereocenters. The summed E-state index contributed by atoms with van der Waals surface area (Å²) in [6.45, 7) is 0. The lowest BCUT2D eigenvalue weighted by Gasteiger charge is -2.10. The Balaban J connectivity index is 1.49. The van der Waals surface area contributed by atoms with Crippen LogP contribution in [0.4, 0.5) is 5.69 Å². The van der Waals surface area contributed by atoms with Crippen molar-refractivity contribution in [2.24, 2.45) is 0 Å². The number of H-pyrrole nitrogens is 2. The molecule has 0 aliphatic rings. The molecule has 5 rings (SSSR count). The number of fused-ring (bicyclic) bond motifs is 2. The number of hydrogen-bond acceptors (Lipinski definition) is 3. The molecule has 0 bridgehead atoms. The molecule has 0 unspecified atom stereocenters. The summed E-state index contributed by atoms with van der Waals surface area (Å²) in [5.41, 5.74) is 3.77. The molecule has 0 aliphatic heterocycles. The summed E-state index contributed by atoms with van der Waals surface area (Å²) in [5.74, 6) is -0.123. The van der Waals surface area contributed by atoms with Crippen LogP contribution in [0.3, 0.4) is 0 Å². The first-order valence-electron chi connectivity index (χ1n) is 9.76. The van der Waals surface area contributed by atoms with E-state index in [1.165, 1.54) is 0 Å². The number of para-hydroxylation sites is 1. The van der Waals surface area contributed by atoms with Crippen molar-refractivity contribution in [3.05, 3.63) is 101 Å². The van der Waals surface area contributed by atoms with Gasteiger partial charge >= 0.3 is 0 Å². The topological polar surface area (TPSA) is 94.8 Å². The molecule has 154 valence electrons. The number of aromatic nitrogens is 2. The molecular formula is C24H19N3O3S. The first-order chi connectivity index (χ1) is 15.0. The molecule has 5 aromatic rings. The van der Waals surface area contributed by atoms with E-state index < -0.39 is 10.0 Å². The Bertz CT molecular complexity index is 1570. The van der Waals surface area contributed by atoms with Crippen molar-refractivity contribution in [2.75, 3.05) is 4.72 Å². The Morgan fingerprint density at radius 2 is 1.58 bits per heavy atom. The molecule has 0 saturated heterocycles. The van der Waals surface area contributed by atoms with Crippen molar-refractivity contribution in [1.29, 1.82) is 0 Å². The number of rotatable bonds is 5. The van der Waals surface area contributed by atoms with E-state index in [1.54, 1.807) is 42.5 Å². The van der Waals surface area contributed by atoms with E-state index in [2.05, 4.69) is 14.7 Å². The Kier molecular flexibility index (Phi) is 4.60. The summed E-state index contributed by atoms with van der Waals surface area (Å²) in [6.07, 6.45) is 1.83. The second-order valence-electron chi connectivity index (χ2n) is 7.41. The minimum atomic E-state index is -3.58. The summed E-state index contributed by atoms with van der Waals surface area (Å²) in [5, 5.41) is 1.78. The third-order valence-corrected chi connectivity index (χ3v) is 6.46. The maximum atomic E-state index is 12.8. The van der Waals surface area contributed by atoms with E-state index in [1.807, 2.05) is 42.6 Å². The summed E-state index contributed by atoms with van der Waals surface area (Å²) in [7, 11) is -3.58. The van der Waals surface area contributed by atoms with Gasteiger partial charge in [0.2, 0.25) is 10.0 Å². The Morgan fingerprint density at radius 3 is 2.42 bits per heavy atom. The van der Waals surface area contributed by atoms with Gasteiger partial charge in [0, 0.05) is 28.2 Å². The molecule has 7 heteroatoms. The second-order valence-corrected chi connectivity index (χ2v) is 9.13. The van der Waals surface area contributed by atoms with Crippen LogP contribution >= 0.6 is 0 Å². The van der Waals surface area contributed by atoms with E-state index in [4.69, 9.17) is 0 Å². The third-order valence-electron chi connectivity index (χ3n) is 5.20. The Labute approximate surface area is 178 Å². The highest BCUT2D eigenvalue weighted by atomic mass is 32.2. The maximum Gasteiger partial charge on any atom is 0.256 e. The highest BCUT2D eigenvalue weighted by molar-refractivity contribution is 7.91. The quantitative estimate of drug-likeness (QED) is 0.380. The number of sulfonamides is 1. The number of benzene rings is 3. The number of anilines is 1. The van der Waals surface area contributed by atoms with Crippen LogP contribution in [-0.2, 0) is 15.8 Å². The lowest BCUT2D eigenvalue weighted by Crippen LogP contribution is -2.15. The second kappa shape index (κ2) is 7.45. The third kappa shape index (κ3) is 3.83. The van der Waals surface area contributed by atoms with E-state index in [-0.39, 0.29) is 11.3 Å². The van der Waals surface area contributed by atoms with E-state index >= 15 is 0 Å². The van der Waals surface area contributed by atoms with Crippen LogP contribution in [0, 0.1) is 0 Å². The van der Waals surface area contributed by atoms with Crippen molar-refractivity contribution >= 4 is 37.5 Å². The van der Waals surface area contributed by atoms with E-state index in [0.29, 0.717) is 22.3 Å². The minimum Gasteiger partial charge on any atom is -0.361 e. The standard InChI is InChI=1S/C24H19N3O3S/c28-24-20(21-14-25-22-9-5-4-8-19(21)22)12-17-10-11-18(13-23(17)26-24)27-31(29,30)15-16-6-2-1-3-7-16/h1-14,25,27H,15H2,(H,26,28). The van der Waals surface area contributed by atoms with Crippen LogP contribution in [0.1, 0.15) is 5.56 Å². The van der Waals surface area contributed by atoms with Gasteiger partial charge in [-0.1, -0.05) is 54.6 Å². The molecule has 31 heavy (non-hydrogen) atoms. The lowest BCUT2D eigenvalue weighted by atomic mass is 10.0. The molecule has 0 radical (unpaired) electrons. The summed E-state index contributed by atoms with van der Waals surface area (Å²) >= 11 is 0. The molecule has 2 aromatic heterocycles. The van der Waals surface area contributed by atoms with Gasteiger partial charge in [-0.3, -0.25) is 9.52 Å². The molecule has 3 aromatic carbocycles. The van der Waals surface area contributed by atoms with Crippen molar-refractivity contribution in [1.82, 2.24) is 9.97 Å². The maximum absolute atomic E-state index is 12.8. The van der Waals surface area contributed by atoms with Crippen LogP contribution in [0.25, 0.3) is 32.9 Å². The molecule has 0 spiro atoms. The van der Waals surface area contributed by atoms with E-state index in [0.717, 1.165) is 21.9 Å². The van der Waals surface area contributed by atoms with Crippen molar-refractivity contribution < 1.29 is 8.42 Å². The number of aromatic amines is 2. The highest BCUT2D eigenvalue weighted by Gasteiger charge is 2.14. The van der Waals surface area contributed by atoms with E-state index in [9.17, 15) is 13.2 Å². The monoisotopic (exact) mass is 429 g/mol. The Morgan fingerprint density at radius 1 is 0.806 bits per heavy atom. The average molecular weight is 430 g/mol. The number of hydrogen-bond donors (Lipinski definition) is 3. The fraction of sp³-hybridized carbons (Fsp3) is 0.0417. The first kappa shape index (κ1) is 19.1. The smallest absolute Gasteiger partial charge is 0.256 e. The fourth-order valence-electron chi connectivity index (χ4n) is 3.77. The van der Waals surface area contributed by atoms with Gasteiger partial charge in [-0.15, -0.1) is 0 Å². The first-order valence-corrected chi connectivity index (χ1v) is 11.4. The van der Waals surface area contributed by atoms with Crippen LogP contribution in [-0.4, -0.2) is 18.4 Å². The van der Waals surface area contributed by atoms with Crippen LogP contribution in [0.2, 0.25) is 0 Å². The van der Waals surface area contributed by atoms with Crippen molar-refractivity contribution in [3.8, 4) is 11.1 Å². The van der Waals surface area contributed by atoms with Crippen LogP contribution in [0.5, 0.6) is 0 Å². The van der Waals surface area contributed by atoms with Crippen LogP contribution in [0.15, 0.2) is 89.9 Å². The molecule has 0 aliphatic carbocycles. The van der Waals surface area contributed by atoms with Gasteiger partial charge in [-0.2, -0.15) is 0 Å². The summed E-state index contributed by atoms with van der Waals surface area (Å²) in [6, 6.07) is 23.7. The number of nitrogens with one attached hydrogen (secondary N) is 3. The summed E-state index contributed by atoms with van der Waals surface area (Å²) < 4.78 is 27.6. The predicted molar refractivity (Wildman–Crippen MR) is 125 cm³/mol. The minimum absolute atomic E-state index is 0.123. The highest BCUT2D eigenvalue weighted by Crippen LogP contribution is 2.28. The summed E-state index contributed by atoms with van der Waals surface area (Å²) in [4.78, 5) is 18.9. The zero-order valence-electron chi connectivity index (χ0n) is 16.4. The average Bonchev–Trinajstić information content (AvgIpc) is 3.17. The largest absolute Gasteiger partial charge is 0.361 e. The fourth-order valence-corrected chi connectivity index (χ4v) is 4.96. The molecule has 2 heterocycles. The molecule has 0 saturated carbocycles. The molecule has 0 fully saturated rings. The van der Waals surface area contributed by atoms with Gasteiger partial charge in [0.25, 0.3) is 5.56 Å². The zero-order valence-corrected chi connectivity index (χ0v) is 17.2. The number of pyridine rings is 1. The van der Waals surface area contributed by atoms with Crippen molar-refractivity contribution in [2.45, 2.75) is 5.75 Å². The molecule has 0 amide bonds. The lowest BCUT2D eigenvalue weighted by molar-refractivity contribution is 0.600. The molecular weight excluding hydrogens is 410 g/mol. The van der Waals surface area contributed by atoms with Gasteiger partial charge in [-0.25, -0.2) is 8.42 Å². The van der Waals surface area contributed by atoms with Gasteiger partial charge in [0.05, 0.1) is 17.0 Å². The Hall–Kier alpha value is -3.84. The van der Waals surface area contributed by atoms with Gasteiger partial charge in [0.15, 0.2) is 0 Å². The molecule has 3 N–H and O–H groups in total. The normalized spacial score (nSPS) is 11.7. The molecule has 6 nitrogen and oxygen atoms in total. The van der Waals surface area contributed by atoms with Gasteiger partial charge < -0.3 is 9.97 Å². The predicted octanol–water partition coefficient (Wildman–Crippen LogP) is 4.62. The SMILES string of the molecule is O=c1[nH]c2cc(NS(=O)(=O)Cc3ccccc3)ccc2cc1-c1c[nH]c2ccccc12. The van der Waals surface area contributed by atoms with Crippen molar-refractivity contribution in [3.63, 3.8) is 0 Å². The zero-order chi connectivity index (χ0) is 21.4. The van der Waals surface area contributed by atoms with Gasteiger partial charge in [0.1, 0.15) is 0 Å². The van der Waals surface area contributed by atoms with Crippen LogP contribution < -0.4 is 10.3 Å².